The molecule has 6 heteroatoms. The van der Waals surface area contributed by atoms with Gasteiger partial charge >= 0.3 is 0 Å². The van der Waals surface area contributed by atoms with E-state index in [0.717, 1.165) is 36.0 Å². The molecule has 2 unspecified atom stereocenters. The molecule has 154 valence electrons. The minimum atomic E-state index is -0.547. The van der Waals surface area contributed by atoms with Gasteiger partial charge in [0.1, 0.15) is 5.82 Å². The van der Waals surface area contributed by atoms with Gasteiger partial charge in [0.25, 0.3) is 5.56 Å². The van der Waals surface area contributed by atoms with Gasteiger partial charge in [-0.25, -0.2) is 9.37 Å². The topological polar surface area (TPSA) is 78.9 Å². The van der Waals surface area contributed by atoms with Gasteiger partial charge in [-0.3, -0.25) is 9.36 Å². The van der Waals surface area contributed by atoms with Crippen LogP contribution in [0.1, 0.15) is 59.5 Å². The van der Waals surface area contributed by atoms with Crippen molar-refractivity contribution in [1.29, 1.82) is 5.26 Å². The molecule has 0 aliphatic heterocycles. The standard InChI is InChI=1S/C24H24FN3O2/c1-14-15(2)23-19(11-18(14)10-17-8-7-16(12-26)9-20(17)25)24(30)28(13-27-23)21-5-3-4-6-22(21)29/h7-9,11,13,21-22,29H,3-6,10H2,1-2H3. The van der Waals surface area contributed by atoms with Gasteiger partial charge in [0, 0.05) is 6.42 Å². The van der Waals surface area contributed by atoms with E-state index in [4.69, 9.17) is 5.26 Å². The van der Waals surface area contributed by atoms with Gasteiger partial charge < -0.3 is 5.11 Å². The first kappa shape index (κ1) is 20.2. The number of hydrogen-bond acceptors (Lipinski definition) is 4. The van der Waals surface area contributed by atoms with Crippen LogP contribution in [0.5, 0.6) is 0 Å². The Labute approximate surface area is 174 Å². The van der Waals surface area contributed by atoms with Crippen molar-refractivity contribution in [1.82, 2.24) is 9.55 Å². The minimum absolute atomic E-state index is 0.171. The molecular formula is C24H24FN3O2. The molecule has 5 nitrogen and oxygen atoms in total. The van der Waals surface area contributed by atoms with E-state index in [0.29, 0.717) is 29.3 Å². The molecule has 4 rings (SSSR count). The maximum Gasteiger partial charge on any atom is 0.261 e. The molecular weight excluding hydrogens is 381 g/mol. The lowest BCUT2D eigenvalue weighted by Gasteiger charge is -2.29. The zero-order valence-corrected chi connectivity index (χ0v) is 17.2. The third kappa shape index (κ3) is 3.50. The summed E-state index contributed by atoms with van der Waals surface area (Å²) in [5.74, 6) is -0.430. The molecule has 0 radical (unpaired) electrons. The quantitative estimate of drug-likeness (QED) is 0.712. The van der Waals surface area contributed by atoms with Crippen molar-refractivity contribution in [2.75, 3.05) is 0 Å². The number of nitriles is 1. The fraction of sp³-hybridized carbons (Fsp3) is 0.375. The Hall–Kier alpha value is -3.04. The predicted octanol–water partition coefficient (Wildman–Crippen LogP) is 4.09. The molecule has 0 amide bonds. The van der Waals surface area contributed by atoms with E-state index >= 15 is 0 Å². The molecule has 1 aliphatic rings. The fourth-order valence-corrected chi connectivity index (χ4v) is 4.41. The van der Waals surface area contributed by atoms with Gasteiger partial charge in [0.05, 0.1) is 41.0 Å². The van der Waals surface area contributed by atoms with Gasteiger partial charge in [-0.1, -0.05) is 18.9 Å². The number of aromatic nitrogens is 2. The Morgan fingerprint density at radius 1 is 1.20 bits per heavy atom. The summed E-state index contributed by atoms with van der Waals surface area (Å²) in [7, 11) is 0. The number of rotatable bonds is 3. The number of halogens is 1. The molecule has 2 atom stereocenters. The normalized spacial score (nSPS) is 19.0. The van der Waals surface area contributed by atoms with Crippen molar-refractivity contribution in [3.8, 4) is 6.07 Å². The smallest absolute Gasteiger partial charge is 0.261 e. The number of aliphatic hydroxyl groups is 1. The second kappa shape index (κ2) is 8.00. The minimum Gasteiger partial charge on any atom is -0.391 e. The molecule has 1 aliphatic carbocycles. The van der Waals surface area contributed by atoms with Crippen LogP contribution in [0.4, 0.5) is 4.39 Å². The van der Waals surface area contributed by atoms with Crippen molar-refractivity contribution in [3.63, 3.8) is 0 Å². The second-order valence-electron chi connectivity index (χ2n) is 8.15. The Morgan fingerprint density at radius 3 is 2.67 bits per heavy atom. The van der Waals surface area contributed by atoms with Crippen LogP contribution in [0.2, 0.25) is 0 Å². The van der Waals surface area contributed by atoms with Crippen molar-refractivity contribution in [3.05, 3.63) is 74.6 Å². The van der Waals surface area contributed by atoms with Crippen molar-refractivity contribution >= 4 is 10.9 Å². The van der Waals surface area contributed by atoms with Crippen molar-refractivity contribution in [2.24, 2.45) is 0 Å². The van der Waals surface area contributed by atoms with E-state index in [1.54, 1.807) is 29.1 Å². The molecule has 0 spiro atoms. The summed E-state index contributed by atoms with van der Waals surface area (Å²) in [5, 5.41) is 19.8. The maximum atomic E-state index is 14.4. The maximum absolute atomic E-state index is 14.4. The van der Waals surface area contributed by atoms with Crippen molar-refractivity contribution < 1.29 is 9.50 Å². The first-order chi connectivity index (χ1) is 14.4. The zero-order valence-electron chi connectivity index (χ0n) is 17.2. The predicted molar refractivity (Wildman–Crippen MR) is 113 cm³/mol. The van der Waals surface area contributed by atoms with Gasteiger partial charge in [-0.2, -0.15) is 5.26 Å². The monoisotopic (exact) mass is 405 g/mol. The highest BCUT2D eigenvalue weighted by Gasteiger charge is 2.26. The molecule has 1 N–H and O–H groups in total. The summed E-state index contributed by atoms with van der Waals surface area (Å²) in [5.41, 5.74) is 3.94. The summed E-state index contributed by atoms with van der Waals surface area (Å²) >= 11 is 0. The van der Waals surface area contributed by atoms with E-state index < -0.39 is 11.9 Å². The molecule has 3 aromatic rings. The number of nitrogens with zero attached hydrogens (tertiary/aromatic N) is 3. The molecule has 2 aromatic carbocycles. The van der Waals surface area contributed by atoms with Crippen LogP contribution in [0.3, 0.4) is 0 Å². The number of hydrogen-bond donors (Lipinski definition) is 1. The molecule has 30 heavy (non-hydrogen) atoms. The highest BCUT2D eigenvalue weighted by molar-refractivity contribution is 5.83. The van der Waals surface area contributed by atoms with Crippen LogP contribution < -0.4 is 5.56 Å². The average molecular weight is 405 g/mol. The van der Waals surface area contributed by atoms with E-state index in [1.807, 2.05) is 19.9 Å². The van der Waals surface area contributed by atoms with Gasteiger partial charge in [-0.05, 0) is 67.1 Å². The summed E-state index contributed by atoms with van der Waals surface area (Å²) < 4.78 is 16.0. The summed E-state index contributed by atoms with van der Waals surface area (Å²) in [6, 6.07) is 7.93. The van der Waals surface area contributed by atoms with Crippen LogP contribution in [0.25, 0.3) is 10.9 Å². The molecule has 0 bridgehead atoms. The fourth-order valence-electron chi connectivity index (χ4n) is 4.41. The van der Waals surface area contributed by atoms with Crippen LogP contribution in [0.15, 0.2) is 35.4 Å². The summed E-state index contributed by atoms with van der Waals surface area (Å²) in [4.78, 5) is 17.8. The molecule has 0 saturated heterocycles. The Kier molecular flexibility index (Phi) is 5.40. The average Bonchev–Trinajstić information content (AvgIpc) is 2.74. The molecule has 1 saturated carbocycles. The molecule has 1 fully saturated rings. The van der Waals surface area contributed by atoms with Crippen LogP contribution in [-0.4, -0.2) is 20.8 Å². The highest BCUT2D eigenvalue weighted by atomic mass is 19.1. The largest absolute Gasteiger partial charge is 0.391 e. The second-order valence-corrected chi connectivity index (χ2v) is 8.15. The van der Waals surface area contributed by atoms with Gasteiger partial charge in [0.15, 0.2) is 0 Å². The number of benzene rings is 2. The number of aryl methyl sites for hydroxylation is 1. The van der Waals surface area contributed by atoms with Crippen LogP contribution in [0, 0.1) is 31.0 Å². The van der Waals surface area contributed by atoms with Crippen LogP contribution in [-0.2, 0) is 6.42 Å². The lowest BCUT2D eigenvalue weighted by molar-refractivity contribution is 0.0735. The summed E-state index contributed by atoms with van der Waals surface area (Å²) in [6.45, 7) is 3.87. The first-order valence-electron chi connectivity index (χ1n) is 10.3. The lowest BCUT2D eigenvalue weighted by atomic mass is 9.92. The Morgan fingerprint density at radius 2 is 1.97 bits per heavy atom. The zero-order chi connectivity index (χ0) is 21.4. The van der Waals surface area contributed by atoms with E-state index in [1.165, 1.54) is 6.07 Å². The Bertz CT molecular complexity index is 1230. The number of fused-ring (bicyclic) bond motifs is 1. The van der Waals surface area contributed by atoms with Gasteiger partial charge in [-0.15, -0.1) is 0 Å². The lowest BCUT2D eigenvalue weighted by Crippen LogP contribution is -2.34. The Balaban J connectivity index is 1.81. The third-order valence-corrected chi connectivity index (χ3v) is 6.36. The van der Waals surface area contributed by atoms with E-state index in [-0.39, 0.29) is 17.2 Å². The summed E-state index contributed by atoms with van der Waals surface area (Å²) in [6.07, 6.45) is 4.70. The SMILES string of the molecule is Cc1c(Cc2ccc(C#N)cc2F)cc2c(=O)n(C3CCCCC3O)cnc2c1C. The molecule has 1 heterocycles. The first-order valence-corrected chi connectivity index (χ1v) is 10.3. The number of aliphatic hydroxyl groups excluding tert-OH is 1. The third-order valence-electron chi connectivity index (χ3n) is 6.36. The van der Waals surface area contributed by atoms with Crippen molar-refractivity contribution in [2.45, 2.75) is 58.1 Å². The van der Waals surface area contributed by atoms with E-state index in [9.17, 15) is 14.3 Å². The van der Waals surface area contributed by atoms with Crippen LogP contribution >= 0.6 is 0 Å². The highest BCUT2D eigenvalue weighted by Crippen LogP contribution is 2.29. The van der Waals surface area contributed by atoms with E-state index in [2.05, 4.69) is 4.98 Å². The molecule has 1 aromatic heterocycles. The van der Waals surface area contributed by atoms with Gasteiger partial charge in [0.2, 0.25) is 0 Å².